The van der Waals surface area contributed by atoms with E-state index in [1.165, 1.54) is 16.7 Å². The van der Waals surface area contributed by atoms with Gasteiger partial charge in [0.25, 0.3) is 0 Å². The van der Waals surface area contributed by atoms with E-state index < -0.39 is 0 Å². The summed E-state index contributed by atoms with van der Waals surface area (Å²) in [6.07, 6.45) is 0. The average molecular weight is 690 g/mol. The zero-order valence-electron chi connectivity index (χ0n) is 29.5. The summed E-state index contributed by atoms with van der Waals surface area (Å²) in [5, 5.41) is 0. The van der Waals surface area contributed by atoms with E-state index in [1.54, 1.807) is 0 Å². The third kappa shape index (κ3) is 6.87. The van der Waals surface area contributed by atoms with Crippen LogP contribution in [-0.4, -0.2) is 15.0 Å². The molecule has 0 aliphatic carbocycles. The maximum Gasteiger partial charge on any atom is 0.164 e. The second kappa shape index (κ2) is 14.8. The third-order valence-electron chi connectivity index (χ3n) is 9.78. The Kier molecular flexibility index (Phi) is 8.94. The van der Waals surface area contributed by atoms with Crippen LogP contribution in [-0.2, 0) is 0 Å². The Morgan fingerprint density at radius 2 is 0.500 bits per heavy atom. The van der Waals surface area contributed by atoms with Gasteiger partial charge >= 0.3 is 0 Å². The molecule has 0 atom stereocenters. The number of rotatable bonds is 8. The lowest BCUT2D eigenvalue weighted by Crippen LogP contribution is -2.01. The molecule has 0 unspecified atom stereocenters. The Balaban J connectivity index is 1.16. The number of nitrogens with zero attached hydrogens (tertiary/aromatic N) is 3. The largest absolute Gasteiger partial charge is 0.208 e. The Morgan fingerprint density at radius 1 is 0.185 bits per heavy atom. The summed E-state index contributed by atoms with van der Waals surface area (Å²) in [6.45, 7) is 0. The predicted molar refractivity (Wildman–Crippen MR) is 223 cm³/mol. The van der Waals surface area contributed by atoms with Crippen molar-refractivity contribution in [1.82, 2.24) is 15.0 Å². The summed E-state index contributed by atoms with van der Waals surface area (Å²) in [5.41, 5.74) is 14.3. The van der Waals surface area contributed by atoms with Gasteiger partial charge in [-0.25, -0.2) is 15.0 Å². The minimum atomic E-state index is 0.622. The van der Waals surface area contributed by atoms with Gasteiger partial charge in [0, 0.05) is 16.7 Å². The quantitative estimate of drug-likeness (QED) is 0.159. The van der Waals surface area contributed by atoms with Crippen molar-refractivity contribution >= 4 is 0 Å². The summed E-state index contributed by atoms with van der Waals surface area (Å²) in [4.78, 5) is 15.4. The van der Waals surface area contributed by atoms with Crippen LogP contribution < -0.4 is 0 Å². The van der Waals surface area contributed by atoms with E-state index in [4.69, 9.17) is 15.0 Å². The fourth-order valence-electron chi connectivity index (χ4n) is 6.94. The Hall–Kier alpha value is -7.23. The van der Waals surface area contributed by atoms with Crippen LogP contribution in [0.4, 0.5) is 0 Å². The minimum absolute atomic E-state index is 0.622. The third-order valence-corrected chi connectivity index (χ3v) is 9.78. The van der Waals surface area contributed by atoms with Crippen molar-refractivity contribution < 1.29 is 0 Å². The molecule has 9 aromatic rings. The normalized spacial score (nSPS) is 11.0. The first kappa shape index (κ1) is 32.7. The zero-order valence-corrected chi connectivity index (χ0v) is 29.5. The number of hydrogen-bond donors (Lipinski definition) is 0. The Bertz CT molecular complexity index is 2660. The van der Waals surface area contributed by atoms with Crippen molar-refractivity contribution in [3.05, 3.63) is 212 Å². The first-order valence-corrected chi connectivity index (χ1v) is 18.2. The standard InChI is InChI=1S/C51H35N3/c1-5-14-36(15-6-1)38-24-26-40(27-25-38)44-22-13-23-45(34-44)50-52-49(43-30-28-39(29-31-43)37-16-7-2-8-17-37)53-51(54-50)46-32-33-47(41-18-9-3-10-19-41)48(35-46)42-20-11-4-12-21-42/h1-35H. The molecule has 1 heterocycles. The lowest BCUT2D eigenvalue weighted by Gasteiger charge is -2.14. The van der Waals surface area contributed by atoms with Gasteiger partial charge in [-0.05, 0) is 67.8 Å². The fraction of sp³-hybridized carbons (Fsp3) is 0. The van der Waals surface area contributed by atoms with E-state index in [2.05, 4.69) is 200 Å². The van der Waals surface area contributed by atoms with Crippen molar-refractivity contribution in [2.24, 2.45) is 0 Å². The molecule has 0 saturated carbocycles. The molecule has 0 amide bonds. The summed E-state index contributed by atoms with van der Waals surface area (Å²) in [7, 11) is 0. The van der Waals surface area contributed by atoms with E-state index in [0.717, 1.165) is 55.6 Å². The molecule has 0 spiro atoms. The summed E-state index contributed by atoms with van der Waals surface area (Å²) in [6, 6.07) is 74.1. The maximum absolute atomic E-state index is 5.17. The summed E-state index contributed by atoms with van der Waals surface area (Å²) in [5.74, 6) is 1.87. The van der Waals surface area contributed by atoms with Gasteiger partial charge < -0.3 is 0 Å². The van der Waals surface area contributed by atoms with Gasteiger partial charge in [-0.3, -0.25) is 0 Å². The molecule has 3 nitrogen and oxygen atoms in total. The van der Waals surface area contributed by atoms with Crippen LogP contribution in [0.5, 0.6) is 0 Å². The average Bonchev–Trinajstić information content (AvgIpc) is 3.27. The SMILES string of the molecule is c1ccc(-c2ccc(-c3cccc(-c4nc(-c5ccc(-c6ccccc6)cc5)nc(-c5ccc(-c6ccccc6)c(-c6ccccc6)c5)n4)c3)cc2)cc1. The molecule has 8 aromatic carbocycles. The molecule has 0 N–H and O–H groups in total. The molecule has 9 rings (SSSR count). The molecule has 1 aromatic heterocycles. The maximum atomic E-state index is 5.17. The molecule has 0 saturated heterocycles. The monoisotopic (exact) mass is 689 g/mol. The molecule has 0 aliphatic rings. The highest BCUT2D eigenvalue weighted by molar-refractivity contribution is 5.87. The minimum Gasteiger partial charge on any atom is -0.208 e. The topological polar surface area (TPSA) is 38.7 Å². The van der Waals surface area contributed by atoms with Gasteiger partial charge in [0.1, 0.15) is 0 Å². The highest BCUT2D eigenvalue weighted by Gasteiger charge is 2.16. The highest BCUT2D eigenvalue weighted by Crippen LogP contribution is 2.36. The van der Waals surface area contributed by atoms with Gasteiger partial charge in [-0.1, -0.05) is 200 Å². The molecule has 0 fully saturated rings. The van der Waals surface area contributed by atoms with Gasteiger partial charge in [0.15, 0.2) is 17.5 Å². The molecule has 0 bridgehead atoms. The van der Waals surface area contributed by atoms with Gasteiger partial charge in [0.05, 0.1) is 0 Å². The van der Waals surface area contributed by atoms with Crippen molar-refractivity contribution in [1.29, 1.82) is 0 Å². The first-order valence-electron chi connectivity index (χ1n) is 18.2. The second-order valence-electron chi connectivity index (χ2n) is 13.3. The van der Waals surface area contributed by atoms with Gasteiger partial charge in [0.2, 0.25) is 0 Å². The van der Waals surface area contributed by atoms with Crippen LogP contribution in [0.1, 0.15) is 0 Å². The van der Waals surface area contributed by atoms with Crippen LogP contribution in [0.2, 0.25) is 0 Å². The van der Waals surface area contributed by atoms with Crippen molar-refractivity contribution in [3.63, 3.8) is 0 Å². The molecular weight excluding hydrogens is 655 g/mol. The van der Waals surface area contributed by atoms with Crippen LogP contribution in [0.3, 0.4) is 0 Å². The molecular formula is C51H35N3. The van der Waals surface area contributed by atoms with Crippen molar-refractivity contribution in [2.75, 3.05) is 0 Å². The Morgan fingerprint density at radius 3 is 1.00 bits per heavy atom. The van der Waals surface area contributed by atoms with Gasteiger partial charge in [-0.2, -0.15) is 0 Å². The van der Waals surface area contributed by atoms with Crippen molar-refractivity contribution in [2.45, 2.75) is 0 Å². The predicted octanol–water partition coefficient (Wildman–Crippen LogP) is 13.2. The summed E-state index contributed by atoms with van der Waals surface area (Å²) < 4.78 is 0. The molecule has 0 aliphatic heterocycles. The van der Waals surface area contributed by atoms with E-state index in [9.17, 15) is 0 Å². The molecule has 0 radical (unpaired) electrons. The molecule has 54 heavy (non-hydrogen) atoms. The molecule has 254 valence electrons. The fourth-order valence-corrected chi connectivity index (χ4v) is 6.94. The lowest BCUT2D eigenvalue weighted by atomic mass is 9.92. The van der Waals surface area contributed by atoms with Crippen molar-refractivity contribution in [3.8, 4) is 89.8 Å². The van der Waals surface area contributed by atoms with Crippen LogP contribution in [0.15, 0.2) is 212 Å². The lowest BCUT2D eigenvalue weighted by molar-refractivity contribution is 1.07. The van der Waals surface area contributed by atoms with Crippen LogP contribution in [0.25, 0.3) is 89.8 Å². The highest BCUT2D eigenvalue weighted by atomic mass is 15.0. The Labute approximate surface area is 316 Å². The van der Waals surface area contributed by atoms with Crippen LogP contribution in [0, 0.1) is 0 Å². The van der Waals surface area contributed by atoms with E-state index >= 15 is 0 Å². The van der Waals surface area contributed by atoms with E-state index in [-0.39, 0.29) is 0 Å². The van der Waals surface area contributed by atoms with Gasteiger partial charge in [-0.15, -0.1) is 0 Å². The van der Waals surface area contributed by atoms with Crippen LogP contribution >= 0.6 is 0 Å². The number of benzene rings is 8. The number of aromatic nitrogens is 3. The first-order chi connectivity index (χ1) is 26.7. The molecule has 3 heteroatoms. The summed E-state index contributed by atoms with van der Waals surface area (Å²) >= 11 is 0. The zero-order chi connectivity index (χ0) is 36.1. The smallest absolute Gasteiger partial charge is 0.164 e. The van der Waals surface area contributed by atoms with E-state index in [0.29, 0.717) is 17.5 Å². The van der Waals surface area contributed by atoms with E-state index in [1.807, 2.05) is 12.1 Å². The second-order valence-corrected chi connectivity index (χ2v) is 13.3. The number of hydrogen-bond acceptors (Lipinski definition) is 3.